The molecule has 1 heterocycles. The van der Waals surface area contributed by atoms with Crippen LogP contribution in [0, 0.1) is 0 Å². The number of nitrogens with zero attached hydrogens (tertiary/aromatic N) is 2. The Bertz CT molecular complexity index is 1070. The van der Waals surface area contributed by atoms with Crippen LogP contribution < -0.4 is 4.74 Å². The van der Waals surface area contributed by atoms with Crippen molar-refractivity contribution >= 4 is 34.0 Å². The van der Waals surface area contributed by atoms with Crippen LogP contribution >= 0.6 is 23.2 Å². The van der Waals surface area contributed by atoms with E-state index >= 15 is 0 Å². The molecule has 0 aliphatic carbocycles. The third-order valence-corrected chi connectivity index (χ3v) is 4.63. The monoisotopic (exact) mass is 380 g/mol. The molecule has 0 bridgehead atoms. The minimum Gasteiger partial charge on any atom is -0.487 e. The van der Waals surface area contributed by atoms with Crippen LogP contribution in [0.15, 0.2) is 73.1 Å². The number of hydrogen-bond donors (Lipinski definition) is 0. The Balaban J connectivity index is 1.70. The van der Waals surface area contributed by atoms with Gasteiger partial charge in [0.15, 0.2) is 5.82 Å². The van der Waals surface area contributed by atoms with Crippen LogP contribution in [0.25, 0.3) is 22.2 Å². The largest absolute Gasteiger partial charge is 0.487 e. The van der Waals surface area contributed by atoms with Crippen molar-refractivity contribution in [3.8, 4) is 17.1 Å². The fourth-order valence-electron chi connectivity index (χ4n) is 2.88. The van der Waals surface area contributed by atoms with Gasteiger partial charge in [-0.1, -0.05) is 59.6 Å². The van der Waals surface area contributed by atoms with Crippen molar-refractivity contribution in [3.63, 3.8) is 0 Å². The molecule has 5 heteroatoms. The van der Waals surface area contributed by atoms with Gasteiger partial charge < -0.3 is 4.74 Å². The third kappa shape index (κ3) is 3.36. The Morgan fingerprint density at radius 2 is 1.58 bits per heavy atom. The van der Waals surface area contributed by atoms with Gasteiger partial charge in [-0.15, -0.1) is 0 Å². The molecule has 0 unspecified atom stereocenters. The van der Waals surface area contributed by atoms with Crippen LogP contribution in [0.5, 0.6) is 5.75 Å². The molecule has 0 spiro atoms. The standard InChI is InChI=1S/C21H14Cl2N2O/c22-15-8-9-20(19(23)12-15)26-13-14-4-1-6-17-16(14)5-2-7-18(17)21-24-10-3-11-25-21/h1-12H,13H2. The summed E-state index contributed by atoms with van der Waals surface area (Å²) in [4.78, 5) is 8.74. The van der Waals surface area contributed by atoms with Gasteiger partial charge in [-0.05, 0) is 40.6 Å². The van der Waals surface area contributed by atoms with Gasteiger partial charge in [0.1, 0.15) is 12.4 Å². The Labute approximate surface area is 161 Å². The van der Waals surface area contributed by atoms with Crippen molar-refractivity contribution in [2.75, 3.05) is 0 Å². The van der Waals surface area contributed by atoms with Crippen LogP contribution in [-0.4, -0.2) is 9.97 Å². The Morgan fingerprint density at radius 1 is 0.808 bits per heavy atom. The van der Waals surface area contributed by atoms with Crippen molar-refractivity contribution in [1.29, 1.82) is 0 Å². The molecular formula is C21H14Cl2N2O. The maximum absolute atomic E-state index is 6.19. The Hall–Kier alpha value is -2.62. The summed E-state index contributed by atoms with van der Waals surface area (Å²) in [7, 11) is 0. The van der Waals surface area contributed by atoms with Gasteiger partial charge in [-0.3, -0.25) is 0 Å². The predicted molar refractivity (Wildman–Crippen MR) is 106 cm³/mol. The van der Waals surface area contributed by atoms with Crippen molar-refractivity contribution < 1.29 is 4.74 Å². The highest BCUT2D eigenvalue weighted by atomic mass is 35.5. The van der Waals surface area contributed by atoms with Crippen LogP contribution in [0.4, 0.5) is 0 Å². The van der Waals surface area contributed by atoms with Gasteiger partial charge in [0.25, 0.3) is 0 Å². The van der Waals surface area contributed by atoms with Crippen molar-refractivity contribution in [2.24, 2.45) is 0 Å². The molecular weight excluding hydrogens is 367 g/mol. The first-order valence-electron chi connectivity index (χ1n) is 8.08. The van der Waals surface area contributed by atoms with Crippen LogP contribution in [-0.2, 0) is 6.61 Å². The summed E-state index contributed by atoms with van der Waals surface area (Å²) in [6.45, 7) is 0.401. The van der Waals surface area contributed by atoms with E-state index in [2.05, 4.69) is 22.1 Å². The first kappa shape index (κ1) is 16.8. The molecule has 3 aromatic carbocycles. The molecule has 0 amide bonds. The Kier molecular flexibility index (Phi) is 4.74. The lowest BCUT2D eigenvalue weighted by molar-refractivity contribution is 0.308. The van der Waals surface area contributed by atoms with Crippen molar-refractivity contribution in [2.45, 2.75) is 6.61 Å². The normalized spacial score (nSPS) is 10.8. The van der Waals surface area contributed by atoms with E-state index in [4.69, 9.17) is 27.9 Å². The van der Waals surface area contributed by atoms with Crippen molar-refractivity contribution in [1.82, 2.24) is 9.97 Å². The van der Waals surface area contributed by atoms with Gasteiger partial charge in [-0.25, -0.2) is 9.97 Å². The molecule has 0 aliphatic heterocycles. The van der Waals surface area contributed by atoms with E-state index in [1.165, 1.54) is 0 Å². The van der Waals surface area contributed by atoms with Gasteiger partial charge in [0.2, 0.25) is 0 Å². The van der Waals surface area contributed by atoms with E-state index in [1.54, 1.807) is 30.6 Å². The second-order valence-corrected chi connectivity index (χ2v) is 6.60. The minimum absolute atomic E-state index is 0.401. The molecule has 0 radical (unpaired) electrons. The fourth-order valence-corrected chi connectivity index (χ4v) is 3.34. The topological polar surface area (TPSA) is 35.0 Å². The molecule has 4 aromatic rings. The van der Waals surface area contributed by atoms with Crippen LogP contribution in [0.3, 0.4) is 0 Å². The molecule has 0 saturated carbocycles. The maximum Gasteiger partial charge on any atom is 0.159 e. The third-order valence-electron chi connectivity index (χ3n) is 4.10. The number of halogens is 2. The average Bonchev–Trinajstić information content (AvgIpc) is 2.67. The molecule has 0 fully saturated rings. The number of hydrogen-bond acceptors (Lipinski definition) is 3. The highest BCUT2D eigenvalue weighted by molar-refractivity contribution is 6.35. The van der Waals surface area contributed by atoms with E-state index in [0.717, 1.165) is 21.9 Å². The summed E-state index contributed by atoms with van der Waals surface area (Å²) < 4.78 is 5.91. The zero-order valence-electron chi connectivity index (χ0n) is 13.7. The molecule has 128 valence electrons. The molecule has 4 rings (SSSR count). The molecule has 0 N–H and O–H groups in total. The van der Waals surface area contributed by atoms with Gasteiger partial charge >= 0.3 is 0 Å². The van der Waals surface area contributed by atoms with E-state index in [-0.39, 0.29) is 0 Å². The molecule has 0 aliphatic rings. The predicted octanol–water partition coefficient (Wildman–Crippen LogP) is 6.18. The zero-order valence-corrected chi connectivity index (χ0v) is 15.2. The number of fused-ring (bicyclic) bond motifs is 1. The highest BCUT2D eigenvalue weighted by Gasteiger charge is 2.10. The summed E-state index contributed by atoms with van der Waals surface area (Å²) in [5, 5.41) is 3.26. The number of ether oxygens (including phenoxy) is 1. The number of aromatic nitrogens is 2. The maximum atomic E-state index is 6.19. The van der Waals surface area contributed by atoms with E-state index in [9.17, 15) is 0 Å². The smallest absolute Gasteiger partial charge is 0.159 e. The first-order chi connectivity index (χ1) is 12.7. The molecule has 3 nitrogen and oxygen atoms in total. The number of rotatable bonds is 4. The van der Waals surface area contributed by atoms with Crippen molar-refractivity contribution in [3.05, 3.63) is 88.7 Å². The lowest BCUT2D eigenvalue weighted by Crippen LogP contribution is -1.98. The first-order valence-corrected chi connectivity index (χ1v) is 8.84. The van der Waals surface area contributed by atoms with E-state index in [1.807, 2.05) is 30.3 Å². The summed E-state index contributed by atoms with van der Waals surface area (Å²) in [6, 6.07) is 19.2. The van der Waals surface area contributed by atoms with Gasteiger partial charge in [0.05, 0.1) is 5.02 Å². The summed E-state index contributed by atoms with van der Waals surface area (Å²) >= 11 is 12.1. The SMILES string of the molecule is Clc1ccc(OCc2cccc3c(-c4ncccn4)cccc23)c(Cl)c1. The summed E-state index contributed by atoms with van der Waals surface area (Å²) in [5.41, 5.74) is 2.06. The second-order valence-electron chi connectivity index (χ2n) is 5.75. The fraction of sp³-hybridized carbons (Fsp3) is 0.0476. The Morgan fingerprint density at radius 3 is 2.38 bits per heavy atom. The van der Waals surface area contributed by atoms with Crippen LogP contribution in [0.1, 0.15) is 5.56 Å². The zero-order chi connectivity index (χ0) is 17.9. The summed E-state index contributed by atoms with van der Waals surface area (Å²) in [5.74, 6) is 1.31. The minimum atomic E-state index is 0.401. The molecule has 0 saturated heterocycles. The highest BCUT2D eigenvalue weighted by Crippen LogP contribution is 2.31. The van der Waals surface area contributed by atoms with E-state index < -0.39 is 0 Å². The molecule has 1 aromatic heterocycles. The molecule has 26 heavy (non-hydrogen) atoms. The lowest BCUT2D eigenvalue weighted by Gasteiger charge is -2.12. The lowest BCUT2D eigenvalue weighted by atomic mass is 10.00. The number of benzene rings is 3. The average molecular weight is 381 g/mol. The van der Waals surface area contributed by atoms with E-state index in [0.29, 0.717) is 28.2 Å². The molecule has 0 atom stereocenters. The summed E-state index contributed by atoms with van der Waals surface area (Å²) in [6.07, 6.45) is 3.49. The quantitative estimate of drug-likeness (QED) is 0.423. The second kappa shape index (κ2) is 7.32. The van der Waals surface area contributed by atoms with Crippen LogP contribution in [0.2, 0.25) is 10.0 Å². The van der Waals surface area contributed by atoms with Gasteiger partial charge in [-0.2, -0.15) is 0 Å². The van der Waals surface area contributed by atoms with Gasteiger partial charge in [0, 0.05) is 23.0 Å².